The van der Waals surface area contributed by atoms with Crippen molar-refractivity contribution in [2.75, 3.05) is 11.9 Å². The van der Waals surface area contributed by atoms with Crippen molar-refractivity contribution >= 4 is 29.1 Å². The second kappa shape index (κ2) is 8.13. The molecule has 6 heteroatoms. The van der Waals surface area contributed by atoms with E-state index in [4.69, 9.17) is 16.0 Å². The van der Waals surface area contributed by atoms with Gasteiger partial charge in [-0.05, 0) is 42.5 Å². The van der Waals surface area contributed by atoms with Gasteiger partial charge in [0, 0.05) is 42.7 Å². The second-order valence-electron chi connectivity index (χ2n) is 6.99. The third kappa shape index (κ3) is 4.05. The summed E-state index contributed by atoms with van der Waals surface area (Å²) >= 11 is 6.18. The van der Waals surface area contributed by atoms with Crippen LogP contribution in [-0.4, -0.2) is 23.3 Å². The predicted octanol–water partition coefficient (Wildman–Crippen LogP) is 5.15. The van der Waals surface area contributed by atoms with E-state index >= 15 is 0 Å². The molecule has 1 aliphatic heterocycles. The lowest BCUT2D eigenvalue weighted by Gasteiger charge is -2.26. The number of rotatable bonds is 4. The average molecular weight is 409 g/mol. The van der Waals surface area contributed by atoms with E-state index in [9.17, 15) is 9.59 Å². The van der Waals surface area contributed by atoms with Gasteiger partial charge in [0.1, 0.15) is 11.5 Å². The molecule has 0 fully saturated rings. The van der Waals surface area contributed by atoms with Crippen molar-refractivity contribution in [3.63, 3.8) is 0 Å². The molecule has 0 saturated heterocycles. The Morgan fingerprint density at radius 2 is 1.90 bits per heavy atom. The number of benzene rings is 2. The molecule has 0 spiro atoms. The first-order chi connectivity index (χ1) is 14.0. The largest absolute Gasteiger partial charge is 0.461 e. The number of hydrogen-bond acceptors (Lipinski definition) is 3. The maximum absolute atomic E-state index is 12.8. The Labute approximate surface area is 174 Å². The Kier molecular flexibility index (Phi) is 5.41. The van der Waals surface area contributed by atoms with Gasteiger partial charge in [0.15, 0.2) is 0 Å². The first-order valence-electron chi connectivity index (χ1n) is 9.61. The minimum absolute atomic E-state index is 0.0190. The molecule has 2 amide bonds. The van der Waals surface area contributed by atoms with Gasteiger partial charge in [0.05, 0.1) is 10.6 Å². The van der Waals surface area contributed by atoms with Crippen LogP contribution in [0.15, 0.2) is 59.0 Å². The fourth-order valence-corrected chi connectivity index (χ4v) is 3.64. The van der Waals surface area contributed by atoms with Gasteiger partial charge in [0.25, 0.3) is 5.91 Å². The maximum atomic E-state index is 12.8. The van der Waals surface area contributed by atoms with E-state index in [1.165, 1.54) is 0 Å². The number of anilines is 1. The van der Waals surface area contributed by atoms with Crippen LogP contribution in [0.25, 0.3) is 11.3 Å². The molecule has 5 nitrogen and oxygen atoms in total. The van der Waals surface area contributed by atoms with Gasteiger partial charge < -0.3 is 14.6 Å². The molecule has 1 aliphatic rings. The van der Waals surface area contributed by atoms with E-state index in [0.717, 1.165) is 28.3 Å². The fraction of sp³-hybridized carbons (Fsp3) is 0.217. The van der Waals surface area contributed by atoms with Crippen LogP contribution in [0.1, 0.15) is 35.0 Å². The number of carbonyl (C=O) groups is 2. The Morgan fingerprint density at radius 1 is 1.14 bits per heavy atom. The van der Waals surface area contributed by atoms with Gasteiger partial charge in [-0.1, -0.05) is 30.7 Å². The van der Waals surface area contributed by atoms with Crippen LogP contribution in [-0.2, 0) is 17.8 Å². The lowest BCUT2D eigenvalue weighted by molar-refractivity contribution is -0.115. The number of amides is 2. The molecule has 0 bridgehead atoms. The number of hydrogen-bond donors (Lipinski definition) is 1. The van der Waals surface area contributed by atoms with Gasteiger partial charge in [0.2, 0.25) is 5.91 Å². The average Bonchev–Trinajstić information content (AvgIpc) is 3.17. The van der Waals surface area contributed by atoms with E-state index in [2.05, 4.69) is 5.32 Å². The molecular formula is C23H21ClN2O3. The van der Waals surface area contributed by atoms with Gasteiger partial charge in [-0.2, -0.15) is 0 Å². The van der Waals surface area contributed by atoms with Crippen molar-refractivity contribution in [1.29, 1.82) is 0 Å². The molecule has 1 aromatic heterocycles. The normalized spacial score (nSPS) is 13.1. The van der Waals surface area contributed by atoms with Crippen LogP contribution in [0.5, 0.6) is 0 Å². The summed E-state index contributed by atoms with van der Waals surface area (Å²) in [5, 5.41) is 3.30. The number of fused-ring (bicyclic) bond motifs is 1. The summed E-state index contributed by atoms with van der Waals surface area (Å²) in [6, 6.07) is 16.7. The number of nitrogens with one attached hydrogen (secondary N) is 1. The van der Waals surface area contributed by atoms with E-state index in [0.29, 0.717) is 36.5 Å². The quantitative estimate of drug-likeness (QED) is 0.649. The van der Waals surface area contributed by atoms with Crippen LogP contribution >= 0.6 is 11.6 Å². The van der Waals surface area contributed by atoms with Crippen LogP contribution in [0.4, 0.5) is 5.69 Å². The van der Waals surface area contributed by atoms with E-state index in [1.54, 1.807) is 17.0 Å². The molecule has 0 aliphatic carbocycles. The zero-order chi connectivity index (χ0) is 20.4. The van der Waals surface area contributed by atoms with Crippen LogP contribution in [0, 0.1) is 0 Å². The van der Waals surface area contributed by atoms with Crippen molar-refractivity contribution in [2.24, 2.45) is 0 Å². The van der Waals surface area contributed by atoms with Crippen molar-refractivity contribution in [3.05, 3.63) is 76.5 Å². The van der Waals surface area contributed by atoms with E-state index in [-0.39, 0.29) is 11.8 Å². The molecule has 2 aromatic carbocycles. The molecule has 148 valence electrons. The van der Waals surface area contributed by atoms with E-state index in [1.807, 2.05) is 49.4 Å². The van der Waals surface area contributed by atoms with Crippen molar-refractivity contribution in [2.45, 2.75) is 26.3 Å². The Bertz CT molecular complexity index is 1060. The highest BCUT2D eigenvalue weighted by Crippen LogP contribution is 2.31. The van der Waals surface area contributed by atoms with Crippen LogP contribution in [0.2, 0.25) is 5.02 Å². The summed E-state index contributed by atoms with van der Waals surface area (Å²) in [4.78, 5) is 26.1. The molecule has 29 heavy (non-hydrogen) atoms. The lowest BCUT2D eigenvalue weighted by atomic mass is 10.1. The summed E-state index contributed by atoms with van der Waals surface area (Å²) in [5.74, 6) is 1.58. The molecule has 0 saturated carbocycles. The summed E-state index contributed by atoms with van der Waals surface area (Å²) in [6.45, 7) is 2.90. The zero-order valence-corrected chi connectivity index (χ0v) is 16.8. The molecule has 4 rings (SSSR count). The third-order valence-electron chi connectivity index (χ3n) is 5.03. The topological polar surface area (TPSA) is 62.6 Å². The van der Waals surface area contributed by atoms with Crippen molar-refractivity contribution < 1.29 is 14.0 Å². The molecule has 2 heterocycles. The molecule has 0 radical (unpaired) electrons. The standard InChI is InChI=1S/C23H21ClN2O3/c1-2-22(27)25-17-9-7-15(8-10-17)21-13-16-14-26(12-11-20(16)29-21)23(28)18-5-3-4-6-19(18)24/h3-10,13H,2,11-12,14H2,1H3,(H,25,27). The number of carbonyl (C=O) groups excluding carboxylic acids is 2. The summed E-state index contributed by atoms with van der Waals surface area (Å²) in [7, 11) is 0. The molecule has 0 atom stereocenters. The van der Waals surface area contributed by atoms with Gasteiger partial charge >= 0.3 is 0 Å². The molecular weight excluding hydrogens is 388 g/mol. The van der Waals surface area contributed by atoms with Gasteiger partial charge in [-0.3, -0.25) is 9.59 Å². The van der Waals surface area contributed by atoms with Crippen molar-refractivity contribution in [3.8, 4) is 11.3 Å². The predicted molar refractivity (Wildman–Crippen MR) is 113 cm³/mol. The fourth-order valence-electron chi connectivity index (χ4n) is 3.42. The summed E-state index contributed by atoms with van der Waals surface area (Å²) < 4.78 is 6.04. The highest BCUT2D eigenvalue weighted by molar-refractivity contribution is 6.33. The molecule has 3 aromatic rings. The third-order valence-corrected chi connectivity index (χ3v) is 5.36. The van der Waals surface area contributed by atoms with Crippen LogP contribution in [0.3, 0.4) is 0 Å². The molecule has 0 unspecified atom stereocenters. The number of nitrogens with zero attached hydrogens (tertiary/aromatic N) is 1. The first kappa shape index (κ1) is 19.3. The second-order valence-corrected chi connectivity index (χ2v) is 7.40. The minimum Gasteiger partial charge on any atom is -0.461 e. The Hall–Kier alpha value is -3.05. The zero-order valence-electron chi connectivity index (χ0n) is 16.1. The Balaban J connectivity index is 1.51. The SMILES string of the molecule is CCC(=O)Nc1ccc(-c2cc3c(o2)CCN(C(=O)c2ccccc2Cl)C3)cc1. The minimum atomic E-state index is -0.0694. The van der Waals surface area contributed by atoms with Crippen molar-refractivity contribution in [1.82, 2.24) is 4.90 Å². The van der Waals surface area contributed by atoms with Crippen LogP contribution < -0.4 is 5.32 Å². The smallest absolute Gasteiger partial charge is 0.255 e. The summed E-state index contributed by atoms with van der Waals surface area (Å²) in [5.41, 5.74) is 3.22. The number of halogens is 1. The molecule has 1 N–H and O–H groups in total. The van der Waals surface area contributed by atoms with Gasteiger partial charge in [-0.15, -0.1) is 0 Å². The monoisotopic (exact) mass is 408 g/mol. The lowest BCUT2D eigenvalue weighted by Crippen LogP contribution is -2.35. The highest BCUT2D eigenvalue weighted by Gasteiger charge is 2.26. The highest BCUT2D eigenvalue weighted by atomic mass is 35.5. The Morgan fingerprint density at radius 3 is 2.62 bits per heavy atom. The first-order valence-corrected chi connectivity index (χ1v) is 9.98. The summed E-state index contributed by atoms with van der Waals surface area (Å²) in [6.07, 6.45) is 1.10. The van der Waals surface area contributed by atoms with Gasteiger partial charge in [-0.25, -0.2) is 0 Å². The van der Waals surface area contributed by atoms with E-state index < -0.39 is 0 Å². The number of furan rings is 1. The maximum Gasteiger partial charge on any atom is 0.255 e.